The fourth-order valence-electron chi connectivity index (χ4n) is 3.63. The summed E-state index contributed by atoms with van der Waals surface area (Å²) in [5, 5.41) is 0. The summed E-state index contributed by atoms with van der Waals surface area (Å²) in [6.45, 7) is 7.27. The minimum absolute atomic E-state index is 0.0577. The molecule has 1 heterocycles. The number of amides is 1. The molecule has 0 aliphatic rings. The van der Waals surface area contributed by atoms with Gasteiger partial charge in [-0.15, -0.1) is 0 Å². The van der Waals surface area contributed by atoms with Gasteiger partial charge < -0.3 is 14.2 Å². The summed E-state index contributed by atoms with van der Waals surface area (Å²) in [7, 11) is 0. The van der Waals surface area contributed by atoms with Crippen LogP contribution in [-0.4, -0.2) is 23.9 Å². The Morgan fingerprint density at radius 2 is 1.70 bits per heavy atom. The first-order valence-corrected chi connectivity index (χ1v) is 10.4. The van der Waals surface area contributed by atoms with Crippen LogP contribution in [0.5, 0.6) is 0 Å². The van der Waals surface area contributed by atoms with Crippen LogP contribution in [0.15, 0.2) is 77.4 Å². The Labute approximate surface area is 177 Å². The highest BCUT2D eigenvalue weighted by Crippen LogP contribution is 2.11. The minimum Gasteiger partial charge on any atom is -0.467 e. The molecular weight excluding hydrogens is 379 g/mol. The zero-order chi connectivity index (χ0) is 21.3. The number of benzene rings is 2. The van der Waals surface area contributed by atoms with Gasteiger partial charge in [-0.2, -0.15) is 0 Å². The number of rotatable bonds is 10. The van der Waals surface area contributed by atoms with Crippen molar-refractivity contribution >= 4 is 5.91 Å². The number of halogens is 1. The van der Waals surface area contributed by atoms with E-state index in [-0.39, 0.29) is 11.7 Å². The summed E-state index contributed by atoms with van der Waals surface area (Å²) >= 11 is 0. The van der Waals surface area contributed by atoms with Gasteiger partial charge in [0.1, 0.15) is 18.1 Å². The molecule has 1 N–H and O–H groups in total. The quantitative estimate of drug-likeness (QED) is 0.555. The van der Waals surface area contributed by atoms with Crippen LogP contribution in [0.2, 0.25) is 0 Å². The van der Waals surface area contributed by atoms with Gasteiger partial charge in [0, 0.05) is 18.0 Å². The van der Waals surface area contributed by atoms with Crippen molar-refractivity contribution in [3.05, 3.63) is 95.7 Å². The Morgan fingerprint density at radius 1 is 0.967 bits per heavy atom. The van der Waals surface area contributed by atoms with Crippen LogP contribution in [0.3, 0.4) is 0 Å². The summed E-state index contributed by atoms with van der Waals surface area (Å²) in [5.74, 6) is 0.992. The third-order valence-corrected chi connectivity index (χ3v) is 4.96. The second kappa shape index (κ2) is 10.7. The first-order valence-electron chi connectivity index (χ1n) is 10.4. The molecule has 3 rings (SSSR count). The van der Waals surface area contributed by atoms with Crippen molar-refractivity contribution in [3.8, 4) is 0 Å². The van der Waals surface area contributed by atoms with Gasteiger partial charge in [-0.25, -0.2) is 4.39 Å². The van der Waals surface area contributed by atoms with Crippen LogP contribution in [-0.2, 0) is 24.4 Å². The van der Waals surface area contributed by atoms with Gasteiger partial charge in [0.2, 0.25) is 0 Å². The number of furan rings is 1. The summed E-state index contributed by atoms with van der Waals surface area (Å²) in [4.78, 5) is 16.3. The maximum atomic E-state index is 13.3. The normalized spacial score (nSPS) is 12.1. The second-order valence-electron chi connectivity index (χ2n) is 8.14. The predicted molar refractivity (Wildman–Crippen MR) is 115 cm³/mol. The number of nitrogens with zero attached hydrogens (tertiary/aromatic N) is 1. The molecule has 1 aromatic heterocycles. The number of nitrogens with one attached hydrogen (secondary N) is 1. The second-order valence-corrected chi connectivity index (χ2v) is 8.14. The molecule has 1 unspecified atom stereocenters. The summed E-state index contributed by atoms with van der Waals surface area (Å²) < 4.78 is 18.8. The van der Waals surface area contributed by atoms with Crippen LogP contribution in [0.1, 0.15) is 30.7 Å². The highest BCUT2D eigenvalue weighted by molar-refractivity contribution is 5.77. The Balaban J connectivity index is 1.74. The molecule has 2 aromatic carbocycles. The first-order chi connectivity index (χ1) is 14.5. The van der Waals surface area contributed by atoms with Gasteiger partial charge in [0.25, 0.3) is 5.91 Å². The van der Waals surface area contributed by atoms with Gasteiger partial charge >= 0.3 is 0 Å². The molecule has 3 aromatic rings. The number of hydrogen-bond acceptors (Lipinski definition) is 2. The van der Waals surface area contributed by atoms with Crippen LogP contribution >= 0.6 is 0 Å². The standard InChI is InChI=1S/C25H29FN2O2/c1-20(2)15-27(16-21-7-4-3-5-8-21)19-25(29)28(18-24-9-6-14-30-24)17-22-10-12-23(26)13-11-22/h3-14,20H,15-19H2,1-2H3/p+1. The van der Waals surface area contributed by atoms with Gasteiger partial charge in [-0.3, -0.25) is 4.79 Å². The fourth-order valence-corrected chi connectivity index (χ4v) is 3.63. The van der Waals surface area contributed by atoms with Crippen molar-refractivity contribution in [2.24, 2.45) is 5.92 Å². The van der Waals surface area contributed by atoms with E-state index in [1.165, 1.54) is 22.6 Å². The molecule has 0 aliphatic carbocycles. The van der Waals surface area contributed by atoms with Crippen molar-refractivity contribution in [1.29, 1.82) is 0 Å². The monoisotopic (exact) mass is 409 g/mol. The molecule has 30 heavy (non-hydrogen) atoms. The van der Waals surface area contributed by atoms with Gasteiger partial charge in [-0.05, 0) is 29.8 Å². The van der Waals surface area contributed by atoms with Crippen molar-refractivity contribution < 1.29 is 18.5 Å². The van der Waals surface area contributed by atoms with Crippen molar-refractivity contribution in [2.45, 2.75) is 33.5 Å². The molecule has 0 saturated carbocycles. The summed E-state index contributed by atoms with van der Waals surface area (Å²) in [6.07, 6.45) is 1.61. The van der Waals surface area contributed by atoms with Gasteiger partial charge in [0.05, 0.1) is 19.4 Å². The lowest BCUT2D eigenvalue weighted by Gasteiger charge is -2.26. The van der Waals surface area contributed by atoms with E-state index in [1.54, 1.807) is 23.3 Å². The van der Waals surface area contributed by atoms with E-state index in [4.69, 9.17) is 4.42 Å². The highest BCUT2D eigenvalue weighted by Gasteiger charge is 2.22. The Bertz CT molecular complexity index is 893. The molecule has 0 radical (unpaired) electrons. The third kappa shape index (κ3) is 6.85. The number of hydrogen-bond donors (Lipinski definition) is 1. The molecule has 158 valence electrons. The molecule has 1 amide bonds. The van der Waals surface area contributed by atoms with E-state index in [0.29, 0.717) is 25.6 Å². The lowest BCUT2D eigenvalue weighted by molar-refractivity contribution is -0.909. The average Bonchev–Trinajstić information content (AvgIpc) is 3.22. The van der Waals surface area contributed by atoms with Crippen molar-refractivity contribution in [2.75, 3.05) is 13.1 Å². The maximum absolute atomic E-state index is 13.3. The van der Waals surface area contributed by atoms with Crippen LogP contribution in [0.4, 0.5) is 4.39 Å². The topological polar surface area (TPSA) is 37.9 Å². The Hall–Kier alpha value is -2.92. The van der Waals surface area contributed by atoms with E-state index < -0.39 is 0 Å². The van der Waals surface area contributed by atoms with E-state index in [1.807, 2.05) is 30.3 Å². The lowest BCUT2D eigenvalue weighted by atomic mass is 10.1. The summed E-state index contributed by atoms with van der Waals surface area (Å²) in [5.41, 5.74) is 2.11. The van der Waals surface area contributed by atoms with E-state index in [0.717, 1.165) is 24.4 Å². The molecular formula is C25H30FN2O2+. The van der Waals surface area contributed by atoms with Gasteiger partial charge in [0.15, 0.2) is 6.54 Å². The molecule has 4 nitrogen and oxygen atoms in total. The maximum Gasteiger partial charge on any atom is 0.278 e. The SMILES string of the molecule is CC(C)C[NH+](CC(=O)N(Cc1ccc(F)cc1)Cc1ccco1)Cc1ccccc1. The van der Waals surface area contributed by atoms with Crippen LogP contribution < -0.4 is 4.90 Å². The third-order valence-electron chi connectivity index (χ3n) is 4.96. The number of carbonyl (C=O) groups excluding carboxylic acids is 1. The molecule has 0 saturated heterocycles. The highest BCUT2D eigenvalue weighted by atomic mass is 19.1. The minimum atomic E-state index is -0.280. The van der Waals surface area contributed by atoms with E-state index >= 15 is 0 Å². The summed E-state index contributed by atoms with van der Waals surface area (Å²) in [6, 6.07) is 20.3. The predicted octanol–water partition coefficient (Wildman–Crippen LogP) is 3.69. The molecule has 0 spiro atoms. The molecule has 1 atom stereocenters. The fraction of sp³-hybridized carbons (Fsp3) is 0.320. The van der Waals surface area contributed by atoms with Crippen molar-refractivity contribution in [1.82, 2.24) is 4.90 Å². The average molecular weight is 410 g/mol. The van der Waals surface area contributed by atoms with E-state index in [2.05, 4.69) is 26.0 Å². The van der Waals surface area contributed by atoms with E-state index in [9.17, 15) is 9.18 Å². The number of carbonyl (C=O) groups is 1. The Morgan fingerprint density at radius 3 is 2.33 bits per heavy atom. The zero-order valence-electron chi connectivity index (χ0n) is 17.7. The zero-order valence-corrected chi connectivity index (χ0v) is 17.7. The van der Waals surface area contributed by atoms with Crippen LogP contribution in [0, 0.1) is 11.7 Å². The molecule has 0 bridgehead atoms. The molecule has 0 fully saturated rings. The van der Waals surface area contributed by atoms with Crippen molar-refractivity contribution in [3.63, 3.8) is 0 Å². The number of quaternary nitrogens is 1. The smallest absolute Gasteiger partial charge is 0.278 e. The molecule has 0 aliphatic heterocycles. The lowest BCUT2D eigenvalue weighted by Crippen LogP contribution is -3.12. The molecule has 5 heteroatoms. The largest absolute Gasteiger partial charge is 0.467 e. The van der Waals surface area contributed by atoms with Crippen LogP contribution in [0.25, 0.3) is 0 Å². The Kier molecular flexibility index (Phi) is 7.80. The first kappa shape index (κ1) is 21.8. The van der Waals surface area contributed by atoms with Gasteiger partial charge in [-0.1, -0.05) is 56.3 Å².